The van der Waals surface area contributed by atoms with Crippen LogP contribution < -0.4 is 16.0 Å². The Labute approximate surface area is 133 Å². The van der Waals surface area contributed by atoms with Crippen LogP contribution in [0.1, 0.15) is 12.6 Å². The topological polar surface area (TPSA) is 130 Å². The van der Waals surface area contributed by atoms with Crippen LogP contribution in [0, 0.1) is 3.57 Å². The lowest BCUT2D eigenvalue weighted by atomic mass is 10.2. The number of rotatable bonds is 4. The highest BCUT2D eigenvalue weighted by Gasteiger charge is 2.35. The van der Waals surface area contributed by atoms with Crippen LogP contribution in [0.3, 0.4) is 0 Å². The summed E-state index contributed by atoms with van der Waals surface area (Å²) >= 11 is 1.78. The molecule has 0 saturated carbocycles. The number of sulfonamides is 1. The standard InChI is InChI=1S/C10H14IN3O6S/c1-21(18,19)12-3-7-6(15)2-8(20-7)14-4-5(11)9(16)13-10(14)17/h4,6-8,12,15H,2-3H2,1H3,(H,13,16,17)/t6-,7+,8+/m0/s1. The maximum atomic E-state index is 11.7. The van der Waals surface area contributed by atoms with Crippen LogP contribution in [-0.4, -0.2) is 48.1 Å². The van der Waals surface area contributed by atoms with Gasteiger partial charge in [-0.15, -0.1) is 0 Å². The maximum absolute atomic E-state index is 11.7. The van der Waals surface area contributed by atoms with Crippen LogP contribution >= 0.6 is 22.6 Å². The molecule has 3 atom stereocenters. The highest BCUT2D eigenvalue weighted by molar-refractivity contribution is 14.1. The first-order chi connectivity index (χ1) is 9.67. The Morgan fingerprint density at radius 3 is 2.86 bits per heavy atom. The second kappa shape index (κ2) is 6.16. The zero-order valence-corrected chi connectivity index (χ0v) is 13.9. The molecule has 1 aliphatic heterocycles. The van der Waals surface area contributed by atoms with Gasteiger partial charge >= 0.3 is 5.69 Å². The first-order valence-electron chi connectivity index (χ1n) is 5.96. The van der Waals surface area contributed by atoms with Crippen molar-refractivity contribution in [1.29, 1.82) is 0 Å². The van der Waals surface area contributed by atoms with E-state index in [2.05, 4.69) is 9.71 Å². The summed E-state index contributed by atoms with van der Waals surface area (Å²) in [5.41, 5.74) is -1.14. The lowest BCUT2D eigenvalue weighted by molar-refractivity contribution is -0.0169. The van der Waals surface area contributed by atoms with Crippen molar-refractivity contribution in [3.05, 3.63) is 30.6 Å². The van der Waals surface area contributed by atoms with Gasteiger partial charge in [0.15, 0.2) is 0 Å². The minimum Gasteiger partial charge on any atom is -0.390 e. The predicted octanol–water partition coefficient (Wildman–Crippen LogP) is -1.66. The van der Waals surface area contributed by atoms with E-state index in [4.69, 9.17) is 4.74 Å². The Morgan fingerprint density at radius 1 is 1.57 bits per heavy atom. The molecule has 0 amide bonds. The molecule has 1 saturated heterocycles. The van der Waals surface area contributed by atoms with Crippen molar-refractivity contribution in [2.24, 2.45) is 0 Å². The first-order valence-corrected chi connectivity index (χ1v) is 8.93. The zero-order valence-electron chi connectivity index (χ0n) is 10.9. The Balaban J connectivity index is 2.16. The van der Waals surface area contributed by atoms with Gasteiger partial charge in [0, 0.05) is 19.2 Å². The average molecular weight is 431 g/mol. The minimum absolute atomic E-state index is 0.0916. The third-order valence-corrected chi connectivity index (χ3v) is 4.44. The van der Waals surface area contributed by atoms with Gasteiger partial charge in [-0.25, -0.2) is 17.9 Å². The van der Waals surface area contributed by atoms with E-state index in [1.165, 1.54) is 10.8 Å². The van der Waals surface area contributed by atoms with E-state index in [1.54, 1.807) is 22.6 Å². The second-order valence-corrected chi connectivity index (χ2v) is 7.69. The number of ether oxygens (including phenoxy) is 1. The highest BCUT2D eigenvalue weighted by Crippen LogP contribution is 2.27. The predicted molar refractivity (Wildman–Crippen MR) is 81.4 cm³/mol. The molecule has 1 aromatic heterocycles. The van der Waals surface area contributed by atoms with E-state index < -0.39 is 39.7 Å². The number of H-pyrrole nitrogens is 1. The monoisotopic (exact) mass is 431 g/mol. The van der Waals surface area contributed by atoms with Gasteiger partial charge in [0.05, 0.1) is 22.0 Å². The summed E-state index contributed by atoms with van der Waals surface area (Å²) in [7, 11) is -3.40. The summed E-state index contributed by atoms with van der Waals surface area (Å²) in [6.07, 6.45) is 0.0238. The van der Waals surface area contributed by atoms with E-state index in [0.717, 1.165) is 6.26 Å². The molecule has 3 N–H and O–H groups in total. The van der Waals surface area contributed by atoms with E-state index in [1.807, 2.05) is 0 Å². The summed E-state index contributed by atoms with van der Waals surface area (Å²) in [4.78, 5) is 25.2. The normalized spacial score (nSPS) is 26.1. The number of hydrogen-bond donors (Lipinski definition) is 3. The molecule has 0 radical (unpaired) electrons. The number of aliphatic hydroxyl groups is 1. The SMILES string of the molecule is CS(=O)(=O)NC[C@H]1O[C@@H](n2cc(I)c(=O)[nH]c2=O)C[C@@H]1O. The fourth-order valence-electron chi connectivity index (χ4n) is 1.98. The highest BCUT2D eigenvalue weighted by atomic mass is 127. The summed E-state index contributed by atoms with van der Waals surface area (Å²) in [6, 6.07) is 0. The van der Waals surface area contributed by atoms with Crippen molar-refractivity contribution in [3.63, 3.8) is 0 Å². The molecule has 2 rings (SSSR count). The average Bonchev–Trinajstić information content (AvgIpc) is 2.72. The van der Waals surface area contributed by atoms with E-state index in [-0.39, 0.29) is 13.0 Å². The molecule has 9 nitrogen and oxygen atoms in total. The number of nitrogens with one attached hydrogen (secondary N) is 2. The summed E-state index contributed by atoms with van der Waals surface area (Å²) in [5.74, 6) is 0. The van der Waals surface area contributed by atoms with Gasteiger partial charge in [-0.3, -0.25) is 14.3 Å². The van der Waals surface area contributed by atoms with Crippen molar-refractivity contribution >= 4 is 32.6 Å². The lowest BCUT2D eigenvalue weighted by Crippen LogP contribution is -2.37. The van der Waals surface area contributed by atoms with Crippen molar-refractivity contribution in [2.75, 3.05) is 12.8 Å². The Morgan fingerprint density at radius 2 is 2.24 bits per heavy atom. The molecule has 21 heavy (non-hydrogen) atoms. The Hall–Kier alpha value is -0.760. The number of halogens is 1. The van der Waals surface area contributed by atoms with Crippen LogP contribution in [0.5, 0.6) is 0 Å². The van der Waals surface area contributed by atoms with Crippen molar-refractivity contribution in [3.8, 4) is 0 Å². The van der Waals surface area contributed by atoms with E-state index in [9.17, 15) is 23.1 Å². The van der Waals surface area contributed by atoms with E-state index >= 15 is 0 Å². The van der Waals surface area contributed by atoms with E-state index in [0.29, 0.717) is 3.57 Å². The van der Waals surface area contributed by atoms with Crippen LogP contribution in [0.25, 0.3) is 0 Å². The first kappa shape index (κ1) is 16.6. The molecule has 0 aliphatic carbocycles. The van der Waals surface area contributed by atoms with Crippen molar-refractivity contribution < 1.29 is 18.3 Å². The number of aromatic amines is 1. The van der Waals surface area contributed by atoms with Crippen molar-refractivity contribution in [1.82, 2.24) is 14.3 Å². The summed E-state index contributed by atoms with van der Waals surface area (Å²) in [5, 5.41) is 9.88. The van der Waals surface area contributed by atoms with Gasteiger partial charge in [0.25, 0.3) is 5.56 Å². The molecule has 0 aromatic carbocycles. The second-order valence-electron chi connectivity index (χ2n) is 4.70. The number of nitrogens with zero attached hydrogens (tertiary/aromatic N) is 1. The molecule has 2 heterocycles. The minimum atomic E-state index is -3.40. The molecule has 118 valence electrons. The van der Waals surface area contributed by atoms with Crippen LogP contribution in [-0.2, 0) is 14.8 Å². The molecular formula is C10H14IN3O6S. The van der Waals surface area contributed by atoms with Gasteiger partial charge < -0.3 is 9.84 Å². The number of hydrogen-bond acceptors (Lipinski definition) is 6. The van der Waals surface area contributed by atoms with Crippen LogP contribution in [0.4, 0.5) is 0 Å². The number of aromatic nitrogens is 2. The molecule has 0 unspecified atom stereocenters. The Kier molecular flexibility index (Phi) is 4.87. The van der Waals surface area contributed by atoms with Crippen LogP contribution in [0.15, 0.2) is 15.8 Å². The van der Waals surface area contributed by atoms with Crippen molar-refractivity contribution in [2.45, 2.75) is 24.9 Å². The Bertz CT molecular complexity index is 742. The van der Waals surface area contributed by atoms with Gasteiger partial charge in [-0.2, -0.15) is 0 Å². The van der Waals surface area contributed by atoms with Crippen LogP contribution in [0.2, 0.25) is 0 Å². The lowest BCUT2D eigenvalue weighted by Gasteiger charge is -2.16. The largest absolute Gasteiger partial charge is 0.390 e. The van der Waals surface area contributed by atoms with Gasteiger partial charge in [0.1, 0.15) is 6.23 Å². The fourth-order valence-corrected chi connectivity index (χ4v) is 2.88. The smallest absolute Gasteiger partial charge is 0.330 e. The third kappa shape index (κ3) is 4.12. The third-order valence-electron chi connectivity index (χ3n) is 2.99. The molecule has 0 bridgehead atoms. The number of aliphatic hydroxyl groups excluding tert-OH is 1. The molecule has 0 spiro atoms. The molecule has 1 fully saturated rings. The molecule has 1 aliphatic rings. The van der Waals surface area contributed by atoms with Gasteiger partial charge in [-0.1, -0.05) is 0 Å². The van der Waals surface area contributed by atoms with Gasteiger partial charge in [0.2, 0.25) is 10.0 Å². The fraction of sp³-hybridized carbons (Fsp3) is 0.600. The summed E-state index contributed by atoms with van der Waals surface area (Å²) in [6.45, 7) is -0.0916. The molecular weight excluding hydrogens is 417 g/mol. The quantitative estimate of drug-likeness (QED) is 0.490. The van der Waals surface area contributed by atoms with Gasteiger partial charge in [-0.05, 0) is 22.6 Å². The summed E-state index contributed by atoms with van der Waals surface area (Å²) < 4.78 is 31.3. The molecule has 1 aromatic rings. The molecule has 11 heteroatoms. The maximum Gasteiger partial charge on any atom is 0.330 e. The zero-order chi connectivity index (χ0) is 15.8.